The van der Waals surface area contributed by atoms with Crippen molar-refractivity contribution < 1.29 is 9.47 Å². The van der Waals surface area contributed by atoms with Crippen molar-refractivity contribution >= 4 is 0 Å². The smallest absolute Gasteiger partial charge is 0.174 e. The van der Waals surface area contributed by atoms with Gasteiger partial charge in [0.1, 0.15) is 0 Å². The van der Waals surface area contributed by atoms with Crippen LogP contribution in [0.2, 0.25) is 0 Å². The first-order valence-corrected chi connectivity index (χ1v) is 5.35. The molecule has 2 aliphatic carbocycles. The van der Waals surface area contributed by atoms with E-state index in [4.69, 9.17) is 9.47 Å². The first kappa shape index (κ1) is 8.01. The van der Waals surface area contributed by atoms with Crippen LogP contribution in [0.4, 0.5) is 0 Å². The summed E-state index contributed by atoms with van der Waals surface area (Å²) in [4.78, 5) is 0. The third-order valence-corrected chi connectivity index (χ3v) is 3.70. The Labute approximate surface area is 78.9 Å². The summed E-state index contributed by atoms with van der Waals surface area (Å²) in [5.74, 6) is 1.16. The van der Waals surface area contributed by atoms with Crippen LogP contribution >= 0.6 is 0 Å². The molecule has 0 N–H and O–H groups in total. The summed E-state index contributed by atoms with van der Waals surface area (Å²) >= 11 is 0. The Bertz CT molecular complexity index is 228. The zero-order valence-electron chi connectivity index (χ0n) is 7.87. The molecule has 0 amide bonds. The summed E-state index contributed by atoms with van der Waals surface area (Å²) in [6, 6.07) is 0. The summed E-state index contributed by atoms with van der Waals surface area (Å²) in [6.07, 6.45) is 9.58. The topological polar surface area (TPSA) is 18.5 Å². The van der Waals surface area contributed by atoms with E-state index in [-0.39, 0.29) is 5.79 Å². The van der Waals surface area contributed by atoms with E-state index in [9.17, 15) is 0 Å². The molecule has 72 valence electrons. The first-order valence-electron chi connectivity index (χ1n) is 5.35. The lowest BCUT2D eigenvalue weighted by atomic mass is 9.85. The molecule has 1 heterocycles. The van der Waals surface area contributed by atoms with Crippen LogP contribution in [-0.2, 0) is 9.47 Å². The van der Waals surface area contributed by atoms with Gasteiger partial charge in [0.2, 0.25) is 0 Å². The Kier molecular flexibility index (Phi) is 1.74. The Morgan fingerprint density at radius 2 is 2.00 bits per heavy atom. The molecule has 3 rings (SSSR count). The van der Waals surface area contributed by atoms with E-state index < -0.39 is 0 Å². The molecule has 13 heavy (non-hydrogen) atoms. The zero-order chi connectivity index (χ0) is 8.73. The third-order valence-electron chi connectivity index (χ3n) is 3.70. The summed E-state index contributed by atoms with van der Waals surface area (Å²) in [7, 11) is 0. The van der Waals surface area contributed by atoms with Gasteiger partial charge in [0.25, 0.3) is 0 Å². The molecule has 1 spiro atoms. The van der Waals surface area contributed by atoms with Crippen molar-refractivity contribution in [3.8, 4) is 0 Å². The maximum absolute atomic E-state index is 5.80. The number of fused-ring (bicyclic) bond motifs is 2. The fourth-order valence-corrected chi connectivity index (χ4v) is 3.08. The molecule has 0 radical (unpaired) electrons. The minimum Gasteiger partial charge on any atom is -0.347 e. The van der Waals surface area contributed by atoms with Crippen molar-refractivity contribution in [2.24, 2.45) is 11.8 Å². The molecule has 3 aliphatic rings. The van der Waals surface area contributed by atoms with Crippen LogP contribution in [-0.4, -0.2) is 19.0 Å². The molecule has 1 saturated carbocycles. The monoisotopic (exact) mass is 180 g/mol. The van der Waals surface area contributed by atoms with Crippen molar-refractivity contribution in [1.29, 1.82) is 0 Å². The van der Waals surface area contributed by atoms with Gasteiger partial charge in [0.05, 0.1) is 13.2 Å². The van der Waals surface area contributed by atoms with E-state index in [1.807, 2.05) is 0 Å². The lowest BCUT2D eigenvalue weighted by molar-refractivity contribution is -0.175. The molecule has 2 heteroatoms. The van der Waals surface area contributed by atoms with E-state index in [0.717, 1.165) is 25.6 Å². The van der Waals surface area contributed by atoms with Crippen molar-refractivity contribution in [3.05, 3.63) is 12.2 Å². The van der Waals surface area contributed by atoms with Gasteiger partial charge in [-0.2, -0.15) is 0 Å². The highest BCUT2D eigenvalue weighted by Gasteiger charge is 2.51. The number of rotatable bonds is 0. The molecular weight excluding hydrogens is 164 g/mol. The fourth-order valence-electron chi connectivity index (χ4n) is 3.08. The van der Waals surface area contributed by atoms with Crippen LogP contribution in [0.15, 0.2) is 12.2 Å². The molecule has 2 nitrogen and oxygen atoms in total. The Balaban J connectivity index is 1.89. The summed E-state index contributed by atoms with van der Waals surface area (Å²) in [5.41, 5.74) is 0. The minimum absolute atomic E-state index is 0.207. The SMILES string of the molecule is C1=C[C@H]2[C@@H](CC1)CCC21OCCO1. The van der Waals surface area contributed by atoms with Crippen LogP contribution < -0.4 is 0 Å². The molecule has 0 unspecified atom stereocenters. The molecule has 1 aliphatic heterocycles. The lowest BCUT2D eigenvalue weighted by Crippen LogP contribution is -2.36. The second kappa shape index (κ2) is 2.82. The number of ether oxygens (including phenoxy) is 2. The minimum atomic E-state index is -0.207. The molecule has 0 bridgehead atoms. The molecular formula is C11H16O2. The predicted octanol–water partition coefficient (Wildman–Crippen LogP) is 2.11. The quantitative estimate of drug-likeness (QED) is 0.531. The highest BCUT2D eigenvalue weighted by atomic mass is 16.7. The van der Waals surface area contributed by atoms with Crippen molar-refractivity contribution in [3.63, 3.8) is 0 Å². The van der Waals surface area contributed by atoms with E-state index >= 15 is 0 Å². The molecule has 2 fully saturated rings. The Morgan fingerprint density at radius 1 is 1.15 bits per heavy atom. The normalized spacial score (nSPS) is 41.2. The molecule has 0 aromatic rings. The zero-order valence-corrected chi connectivity index (χ0v) is 7.87. The maximum Gasteiger partial charge on any atom is 0.174 e. The van der Waals surface area contributed by atoms with E-state index in [1.54, 1.807) is 0 Å². The lowest BCUT2D eigenvalue weighted by Gasteiger charge is -2.31. The average Bonchev–Trinajstić information content (AvgIpc) is 2.78. The number of hydrogen-bond acceptors (Lipinski definition) is 2. The molecule has 0 aromatic heterocycles. The Hall–Kier alpha value is -0.340. The van der Waals surface area contributed by atoms with E-state index in [0.29, 0.717) is 5.92 Å². The molecule has 2 atom stereocenters. The van der Waals surface area contributed by atoms with E-state index in [1.165, 1.54) is 19.3 Å². The predicted molar refractivity (Wildman–Crippen MR) is 49.2 cm³/mol. The van der Waals surface area contributed by atoms with Gasteiger partial charge in [-0.05, 0) is 25.2 Å². The largest absolute Gasteiger partial charge is 0.347 e. The highest BCUT2D eigenvalue weighted by molar-refractivity contribution is 5.08. The first-order chi connectivity index (χ1) is 6.41. The van der Waals surface area contributed by atoms with Crippen molar-refractivity contribution in [2.45, 2.75) is 31.5 Å². The van der Waals surface area contributed by atoms with Gasteiger partial charge in [-0.25, -0.2) is 0 Å². The van der Waals surface area contributed by atoms with Gasteiger partial charge in [-0.3, -0.25) is 0 Å². The third kappa shape index (κ3) is 1.09. The van der Waals surface area contributed by atoms with Crippen LogP contribution in [0.3, 0.4) is 0 Å². The van der Waals surface area contributed by atoms with Gasteiger partial charge in [-0.15, -0.1) is 0 Å². The average molecular weight is 180 g/mol. The number of allylic oxidation sites excluding steroid dienone is 1. The molecule has 1 saturated heterocycles. The van der Waals surface area contributed by atoms with Gasteiger partial charge < -0.3 is 9.47 Å². The molecule has 0 aromatic carbocycles. The maximum atomic E-state index is 5.80. The van der Waals surface area contributed by atoms with Crippen molar-refractivity contribution in [1.82, 2.24) is 0 Å². The van der Waals surface area contributed by atoms with Crippen molar-refractivity contribution in [2.75, 3.05) is 13.2 Å². The summed E-state index contributed by atoms with van der Waals surface area (Å²) < 4.78 is 11.6. The Morgan fingerprint density at radius 3 is 2.85 bits per heavy atom. The number of hydrogen-bond donors (Lipinski definition) is 0. The van der Waals surface area contributed by atoms with E-state index in [2.05, 4.69) is 12.2 Å². The van der Waals surface area contributed by atoms with Crippen LogP contribution in [0.5, 0.6) is 0 Å². The van der Waals surface area contributed by atoms with Crippen LogP contribution in [0.25, 0.3) is 0 Å². The fraction of sp³-hybridized carbons (Fsp3) is 0.818. The summed E-state index contributed by atoms with van der Waals surface area (Å²) in [6.45, 7) is 1.58. The van der Waals surface area contributed by atoms with Gasteiger partial charge in [-0.1, -0.05) is 12.2 Å². The van der Waals surface area contributed by atoms with Gasteiger partial charge in [0.15, 0.2) is 5.79 Å². The second-order valence-electron chi connectivity index (χ2n) is 4.34. The van der Waals surface area contributed by atoms with Gasteiger partial charge >= 0.3 is 0 Å². The summed E-state index contributed by atoms with van der Waals surface area (Å²) in [5, 5.41) is 0. The highest BCUT2D eigenvalue weighted by Crippen LogP contribution is 2.49. The van der Waals surface area contributed by atoms with Crippen LogP contribution in [0, 0.1) is 11.8 Å². The standard InChI is InChI=1S/C11H16O2/c1-2-4-10-9(3-1)5-6-11(10)12-7-8-13-11/h2,4,9-10H,1,3,5-8H2/t9-,10-/m0/s1. The second-order valence-corrected chi connectivity index (χ2v) is 4.34. The van der Waals surface area contributed by atoms with Gasteiger partial charge in [0, 0.05) is 12.3 Å². The van der Waals surface area contributed by atoms with Crippen LogP contribution in [0.1, 0.15) is 25.7 Å².